The second-order valence-corrected chi connectivity index (χ2v) is 11.4. The zero-order valence-corrected chi connectivity index (χ0v) is 19.3. The molecule has 0 radical (unpaired) electrons. The van der Waals surface area contributed by atoms with E-state index in [9.17, 15) is 8.42 Å². The maximum Gasteiger partial charge on any atom is 0.498 e. The normalized spacial score (nSPS) is 24.3. The molecule has 0 aliphatic carbocycles. The Morgan fingerprint density at radius 2 is 1.83 bits per heavy atom. The van der Waals surface area contributed by atoms with E-state index in [2.05, 4.69) is 14.9 Å². The minimum atomic E-state index is -3.53. The van der Waals surface area contributed by atoms with Crippen molar-refractivity contribution in [3.05, 3.63) is 12.4 Å². The standard InChI is InChI=1S/C20H34BN3O5S/c1-19(2)20(3,4)29-21(28-19)17-13-22-18(23-14-17)30(26,27)12-6-8-16-7-5-9-24(15-16)10-11-25/h13-14,16,25H,5-12,15H2,1-4H3. The Balaban J connectivity index is 1.54. The van der Waals surface area contributed by atoms with Gasteiger partial charge >= 0.3 is 7.12 Å². The van der Waals surface area contributed by atoms with Gasteiger partial charge in [-0.15, -0.1) is 0 Å². The first kappa shape index (κ1) is 23.6. The minimum Gasteiger partial charge on any atom is -0.399 e. The first-order chi connectivity index (χ1) is 14.0. The number of likely N-dealkylation sites (tertiary alicyclic amines) is 1. The molecule has 3 heterocycles. The number of piperidine rings is 1. The predicted molar refractivity (Wildman–Crippen MR) is 115 cm³/mol. The molecule has 1 N–H and O–H groups in total. The van der Waals surface area contributed by atoms with Gasteiger partial charge in [-0.2, -0.15) is 0 Å². The third kappa shape index (κ3) is 5.40. The summed E-state index contributed by atoms with van der Waals surface area (Å²) in [6, 6.07) is 0. The molecule has 2 saturated heterocycles. The third-order valence-electron chi connectivity index (χ3n) is 6.50. The van der Waals surface area contributed by atoms with E-state index in [0.717, 1.165) is 32.4 Å². The lowest BCUT2D eigenvalue weighted by Gasteiger charge is -2.32. The number of aromatic nitrogens is 2. The molecule has 2 aliphatic rings. The number of nitrogens with zero attached hydrogens (tertiary/aromatic N) is 3. The van der Waals surface area contributed by atoms with Crippen LogP contribution in [-0.2, 0) is 19.1 Å². The highest BCUT2D eigenvalue weighted by molar-refractivity contribution is 7.91. The van der Waals surface area contributed by atoms with Crippen molar-refractivity contribution in [1.82, 2.24) is 14.9 Å². The van der Waals surface area contributed by atoms with Gasteiger partial charge in [0.2, 0.25) is 15.0 Å². The monoisotopic (exact) mass is 439 g/mol. The van der Waals surface area contributed by atoms with Crippen molar-refractivity contribution in [2.45, 2.75) is 69.7 Å². The van der Waals surface area contributed by atoms with Crippen molar-refractivity contribution >= 4 is 22.4 Å². The summed E-state index contributed by atoms with van der Waals surface area (Å²) in [5.74, 6) is 0.520. The van der Waals surface area contributed by atoms with E-state index in [0.29, 0.717) is 24.3 Å². The Kier molecular flexibility index (Phi) is 7.24. The lowest BCUT2D eigenvalue weighted by Crippen LogP contribution is -2.41. The number of hydrogen-bond donors (Lipinski definition) is 1. The van der Waals surface area contributed by atoms with Crippen LogP contribution in [0.4, 0.5) is 0 Å². The molecule has 0 amide bonds. The summed E-state index contributed by atoms with van der Waals surface area (Å²) in [5, 5.41) is 8.96. The Morgan fingerprint density at radius 3 is 2.43 bits per heavy atom. The largest absolute Gasteiger partial charge is 0.498 e. The van der Waals surface area contributed by atoms with Gasteiger partial charge in [0.25, 0.3) is 0 Å². The van der Waals surface area contributed by atoms with Gasteiger partial charge in [-0.05, 0) is 65.8 Å². The summed E-state index contributed by atoms with van der Waals surface area (Å²) >= 11 is 0. The molecule has 1 atom stereocenters. The lowest BCUT2D eigenvalue weighted by atomic mass is 9.81. The fourth-order valence-corrected chi connectivity index (χ4v) is 5.13. The van der Waals surface area contributed by atoms with Crippen LogP contribution in [0, 0.1) is 5.92 Å². The van der Waals surface area contributed by atoms with Crippen LogP contribution in [0.2, 0.25) is 0 Å². The first-order valence-electron chi connectivity index (χ1n) is 10.8. The highest BCUT2D eigenvalue weighted by atomic mass is 32.2. The highest BCUT2D eigenvalue weighted by Crippen LogP contribution is 2.36. The highest BCUT2D eigenvalue weighted by Gasteiger charge is 2.52. The number of rotatable bonds is 8. The molecule has 168 valence electrons. The lowest BCUT2D eigenvalue weighted by molar-refractivity contribution is 0.00578. The molecule has 0 spiro atoms. The minimum absolute atomic E-state index is 0.0410. The molecule has 1 unspecified atom stereocenters. The van der Waals surface area contributed by atoms with E-state index >= 15 is 0 Å². The molecule has 30 heavy (non-hydrogen) atoms. The van der Waals surface area contributed by atoms with Crippen LogP contribution >= 0.6 is 0 Å². The fourth-order valence-electron chi connectivity index (χ4n) is 3.97. The van der Waals surface area contributed by atoms with Gasteiger partial charge in [-0.3, -0.25) is 0 Å². The molecule has 1 aromatic heterocycles. The van der Waals surface area contributed by atoms with Gasteiger partial charge in [0.05, 0.1) is 23.6 Å². The summed E-state index contributed by atoms with van der Waals surface area (Å²) in [6.07, 6.45) is 6.61. The van der Waals surface area contributed by atoms with Crippen molar-refractivity contribution in [3.63, 3.8) is 0 Å². The van der Waals surface area contributed by atoms with Crippen molar-refractivity contribution in [2.24, 2.45) is 5.92 Å². The molecule has 8 nitrogen and oxygen atoms in total. The van der Waals surface area contributed by atoms with E-state index < -0.39 is 28.2 Å². The second kappa shape index (κ2) is 9.20. The van der Waals surface area contributed by atoms with E-state index in [1.54, 1.807) is 0 Å². The van der Waals surface area contributed by atoms with Crippen molar-refractivity contribution in [3.8, 4) is 0 Å². The molecule has 2 fully saturated rings. The zero-order chi connectivity index (χ0) is 22.0. The van der Waals surface area contributed by atoms with Crippen LogP contribution in [0.1, 0.15) is 53.4 Å². The summed E-state index contributed by atoms with van der Waals surface area (Å²) in [7, 11) is -4.14. The molecular weight excluding hydrogens is 405 g/mol. The predicted octanol–water partition coefficient (Wildman–Crippen LogP) is 1.03. The van der Waals surface area contributed by atoms with Crippen molar-refractivity contribution in [1.29, 1.82) is 0 Å². The molecule has 3 rings (SSSR count). The Bertz CT molecular complexity index is 798. The van der Waals surface area contributed by atoms with Crippen molar-refractivity contribution in [2.75, 3.05) is 32.0 Å². The van der Waals surface area contributed by atoms with Crippen LogP contribution in [0.15, 0.2) is 17.6 Å². The smallest absolute Gasteiger partial charge is 0.399 e. The van der Waals surface area contributed by atoms with E-state index in [1.807, 2.05) is 27.7 Å². The molecular formula is C20H34BN3O5S. The van der Waals surface area contributed by atoms with Crippen LogP contribution in [0.25, 0.3) is 0 Å². The summed E-state index contributed by atoms with van der Waals surface area (Å²) < 4.78 is 37.2. The molecule has 2 aliphatic heterocycles. The van der Waals surface area contributed by atoms with Gasteiger partial charge in [0.15, 0.2) is 0 Å². The Labute approximate surface area is 180 Å². The molecule has 0 saturated carbocycles. The molecule has 0 bridgehead atoms. The Hall–Kier alpha value is -1.07. The fraction of sp³-hybridized carbons (Fsp3) is 0.800. The van der Waals surface area contributed by atoms with Crippen molar-refractivity contribution < 1.29 is 22.8 Å². The molecule has 10 heteroatoms. The van der Waals surface area contributed by atoms with Gasteiger partial charge in [-0.25, -0.2) is 18.4 Å². The Morgan fingerprint density at radius 1 is 1.20 bits per heavy atom. The van der Waals surface area contributed by atoms with E-state index in [1.165, 1.54) is 12.4 Å². The quantitative estimate of drug-likeness (QED) is 0.474. The van der Waals surface area contributed by atoms with Crippen LogP contribution in [-0.4, -0.2) is 78.7 Å². The summed E-state index contributed by atoms with van der Waals surface area (Å²) in [6.45, 7) is 10.6. The van der Waals surface area contributed by atoms with Crippen LogP contribution in [0.3, 0.4) is 0 Å². The summed E-state index contributed by atoms with van der Waals surface area (Å²) in [4.78, 5) is 10.4. The average molecular weight is 439 g/mol. The first-order valence-corrected chi connectivity index (χ1v) is 12.4. The van der Waals surface area contributed by atoms with Crippen LogP contribution in [0.5, 0.6) is 0 Å². The van der Waals surface area contributed by atoms with Gasteiger partial charge in [-0.1, -0.05) is 0 Å². The summed E-state index contributed by atoms with van der Waals surface area (Å²) in [5.41, 5.74) is -0.346. The number of aliphatic hydroxyl groups excluding tert-OH is 1. The van der Waals surface area contributed by atoms with E-state index in [4.69, 9.17) is 14.4 Å². The number of β-amino-alcohol motifs (C(OH)–C–C–N with tert-alkyl or cyclic N) is 1. The maximum atomic E-state index is 12.6. The maximum absolute atomic E-state index is 12.6. The topological polar surface area (TPSA) is 102 Å². The average Bonchev–Trinajstić information content (AvgIpc) is 2.90. The van der Waals surface area contributed by atoms with Gasteiger partial charge < -0.3 is 19.3 Å². The number of aliphatic hydroxyl groups is 1. The van der Waals surface area contributed by atoms with Gasteiger partial charge in [0.1, 0.15) is 0 Å². The van der Waals surface area contributed by atoms with Crippen LogP contribution < -0.4 is 5.46 Å². The second-order valence-electron chi connectivity index (χ2n) is 9.38. The molecule has 1 aromatic rings. The van der Waals surface area contributed by atoms with E-state index in [-0.39, 0.29) is 17.5 Å². The number of hydrogen-bond acceptors (Lipinski definition) is 8. The third-order valence-corrected chi connectivity index (χ3v) is 8.09. The SMILES string of the molecule is CC1(C)OB(c2cnc(S(=O)(=O)CCCC3CCCN(CCO)C3)nc2)OC1(C)C. The zero-order valence-electron chi connectivity index (χ0n) is 18.5. The molecule has 0 aromatic carbocycles. The number of sulfone groups is 1. The van der Waals surface area contributed by atoms with Gasteiger partial charge in [0, 0.05) is 30.9 Å².